The summed E-state index contributed by atoms with van der Waals surface area (Å²) < 4.78 is 0. The zero-order chi connectivity index (χ0) is 45.6. The monoisotopic (exact) mass is 868 g/mol. The molecule has 2 heteroatoms. The van der Waals surface area contributed by atoms with Gasteiger partial charge in [-0.1, -0.05) is 200 Å². The second-order valence-electron chi connectivity index (χ2n) is 17.7. The second kappa shape index (κ2) is 17.3. The van der Waals surface area contributed by atoms with E-state index in [1.807, 2.05) is 0 Å². The summed E-state index contributed by atoms with van der Waals surface area (Å²) in [6.45, 7) is 4.58. The topological polar surface area (TPSA) is 6.48 Å². The van der Waals surface area contributed by atoms with Crippen LogP contribution >= 0.6 is 0 Å². The summed E-state index contributed by atoms with van der Waals surface area (Å²) in [7, 11) is 0. The van der Waals surface area contributed by atoms with Crippen molar-refractivity contribution >= 4 is 66.4 Å². The lowest BCUT2D eigenvalue weighted by molar-refractivity contribution is 1.24. The predicted octanol–water partition coefficient (Wildman–Crippen LogP) is 18.8. The molecular formula is C66H48N2. The van der Waals surface area contributed by atoms with E-state index in [2.05, 4.69) is 278 Å². The zero-order valence-corrected chi connectivity index (χ0v) is 38.1. The van der Waals surface area contributed by atoms with Crippen molar-refractivity contribution in [2.45, 2.75) is 13.8 Å². The van der Waals surface area contributed by atoms with Crippen LogP contribution < -0.4 is 9.80 Å². The molecule has 0 radical (unpaired) electrons. The number of hydrogen-bond donors (Lipinski definition) is 0. The minimum atomic E-state index is 1.08. The number of nitrogens with zero attached hydrogens (tertiary/aromatic N) is 2. The Balaban J connectivity index is 1.22. The molecule has 0 N–H and O–H groups in total. The van der Waals surface area contributed by atoms with E-state index in [1.165, 1.54) is 76.8 Å². The highest BCUT2D eigenvalue weighted by Crippen LogP contribution is 2.53. The third kappa shape index (κ3) is 7.15. The molecule has 0 aliphatic rings. The quantitative estimate of drug-likeness (QED) is 0.126. The molecule has 0 spiro atoms. The average molecular weight is 869 g/mol. The second-order valence-corrected chi connectivity index (χ2v) is 17.7. The molecule has 12 rings (SSSR count). The maximum atomic E-state index is 2.52. The maximum Gasteiger partial charge on any atom is 0.0561 e. The molecule has 12 aromatic rings. The predicted molar refractivity (Wildman–Crippen MR) is 291 cm³/mol. The van der Waals surface area contributed by atoms with Crippen molar-refractivity contribution in [1.29, 1.82) is 0 Å². The summed E-state index contributed by atoms with van der Waals surface area (Å²) in [5, 5.41) is 7.35. The molecule has 0 aromatic heterocycles. The van der Waals surface area contributed by atoms with Gasteiger partial charge in [-0.2, -0.15) is 0 Å². The molecule has 0 aliphatic carbocycles. The van der Waals surface area contributed by atoms with Crippen LogP contribution in [0.1, 0.15) is 11.1 Å². The van der Waals surface area contributed by atoms with Crippen molar-refractivity contribution in [2.75, 3.05) is 9.80 Å². The Morgan fingerprint density at radius 3 is 0.985 bits per heavy atom. The van der Waals surface area contributed by atoms with E-state index < -0.39 is 0 Å². The number of anilines is 6. The highest BCUT2D eigenvalue weighted by atomic mass is 15.2. The van der Waals surface area contributed by atoms with Crippen LogP contribution in [0, 0.1) is 13.8 Å². The average Bonchev–Trinajstić information content (AvgIpc) is 3.41. The number of benzene rings is 12. The van der Waals surface area contributed by atoms with Crippen molar-refractivity contribution in [3.8, 4) is 44.5 Å². The van der Waals surface area contributed by atoms with Gasteiger partial charge in [-0.25, -0.2) is 0 Å². The summed E-state index contributed by atoms with van der Waals surface area (Å²) in [4.78, 5) is 5.05. The molecule has 12 aromatic carbocycles. The van der Waals surface area contributed by atoms with Gasteiger partial charge in [0.15, 0.2) is 0 Å². The molecule has 0 fully saturated rings. The summed E-state index contributed by atoms with van der Waals surface area (Å²) in [6.07, 6.45) is 0. The summed E-state index contributed by atoms with van der Waals surface area (Å²) in [6, 6.07) is 93.2. The molecule has 0 heterocycles. The fraction of sp³-hybridized carbons (Fsp3) is 0.0303. The largest absolute Gasteiger partial charge is 0.309 e. The van der Waals surface area contributed by atoms with Crippen LogP contribution in [-0.2, 0) is 0 Å². The molecule has 0 unspecified atom stereocenters. The molecule has 68 heavy (non-hydrogen) atoms. The molecule has 0 saturated carbocycles. The lowest BCUT2D eigenvalue weighted by Gasteiger charge is -2.34. The van der Waals surface area contributed by atoms with Crippen molar-refractivity contribution in [3.05, 3.63) is 266 Å². The fourth-order valence-electron chi connectivity index (χ4n) is 10.4. The van der Waals surface area contributed by atoms with Gasteiger partial charge in [0.1, 0.15) is 0 Å². The number of para-hydroxylation sites is 2. The maximum absolute atomic E-state index is 2.52. The van der Waals surface area contributed by atoms with Crippen molar-refractivity contribution in [3.63, 3.8) is 0 Å². The Bertz CT molecular complexity index is 3480. The minimum Gasteiger partial charge on any atom is -0.309 e. The molecule has 0 amide bonds. The van der Waals surface area contributed by atoms with Gasteiger partial charge in [-0.3, -0.25) is 0 Å². The van der Waals surface area contributed by atoms with Crippen molar-refractivity contribution in [1.82, 2.24) is 0 Å². The van der Waals surface area contributed by atoms with E-state index in [4.69, 9.17) is 0 Å². The normalized spacial score (nSPS) is 11.4. The third-order valence-electron chi connectivity index (χ3n) is 13.7. The minimum absolute atomic E-state index is 1.08. The summed E-state index contributed by atoms with van der Waals surface area (Å²) in [5.41, 5.74) is 18.5. The molecular weight excluding hydrogens is 821 g/mol. The van der Waals surface area contributed by atoms with E-state index in [-0.39, 0.29) is 0 Å². The van der Waals surface area contributed by atoms with Crippen LogP contribution in [0.25, 0.3) is 76.8 Å². The van der Waals surface area contributed by atoms with Gasteiger partial charge in [0.25, 0.3) is 0 Å². The molecule has 0 bridgehead atoms. The van der Waals surface area contributed by atoms with Crippen LogP contribution in [0.4, 0.5) is 34.1 Å². The van der Waals surface area contributed by atoms with Crippen molar-refractivity contribution in [2.24, 2.45) is 0 Å². The Morgan fingerprint density at radius 2 is 0.603 bits per heavy atom. The van der Waals surface area contributed by atoms with Crippen LogP contribution in [0.2, 0.25) is 0 Å². The van der Waals surface area contributed by atoms with E-state index >= 15 is 0 Å². The lowest BCUT2D eigenvalue weighted by atomic mass is 9.89. The van der Waals surface area contributed by atoms with Crippen LogP contribution in [0.5, 0.6) is 0 Å². The standard InChI is InChI=1S/C66H48N2/c1-45-59(49-26-13-5-14-27-49)40-53(47-22-9-3-10-23-47)42-61(45)67(55-32-17-7-18-33-55)63-44-64(58-39-37-52-31-21-30-51-36-38-57(63)66(58)65(51)52)68(56-34-19-8-20-35-56)62-43-54(48-24-11-4-12-25-48)41-60(46(62)2)50-28-15-6-16-29-50/h3-44H,1-2H3. The van der Waals surface area contributed by atoms with Crippen LogP contribution in [-0.4, -0.2) is 0 Å². The first-order chi connectivity index (χ1) is 33.6. The Kier molecular flexibility index (Phi) is 10.3. The first-order valence-electron chi connectivity index (χ1n) is 23.5. The van der Waals surface area contributed by atoms with Gasteiger partial charge in [0.05, 0.1) is 22.7 Å². The highest BCUT2D eigenvalue weighted by molar-refractivity contribution is 6.29. The van der Waals surface area contributed by atoms with E-state index in [1.54, 1.807) is 0 Å². The highest BCUT2D eigenvalue weighted by Gasteiger charge is 2.28. The van der Waals surface area contributed by atoms with Gasteiger partial charge in [-0.15, -0.1) is 0 Å². The first-order valence-corrected chi connectivity index (χ1v) is 23.5. The van der Waals surface area contributed by atoms with Crippen molar-refractivity contribution < 1.29 is 0 Å². The molecule has 0 saturated heterocycles. The van der Waals surface area contributed by atoms with E-state index in [0.29, 0.717) is 0 Å². The van der Waals surface area contributed by atoms with Gasteiger partial charge < -0.3 is 9.80 Å². The van der Waals surface area contributed by atoms with Crippen LogP contribution in [0.3, 0.4) is 0 Å². The molecule has 322 valence electrons. The molecule has 2 nitrogen and oxygen atoms in total. The van der Waals surface area contributed by atoms with E-state index in [0.717, 1.165) is 45.3 Å². The van der Waals surface area contributed by atoms with E-state index in [9.17, 15) is 0 Å². The SMILES string of the molecule is Cc1c(-c2ccccc2)cc(-c2ccccc2)cc1N(c1ccccc1)c1cc(N(c2ccccc2)c2cc(-c3ccccc3)cc(-c3ccccc3)c2C)c2ccc3cccc4ccc1c2c43. The lowest BCUT2D eigenvalue weighted by Crippen LogP contribution is -2.16. The number of rotatable bonds is 10. The smallest absolute Gasteiger partial charge is 0.0561 e. The molecule has 0 aliphatic heterocycles. The fourth-order valence-corrected chi connectivity index (χ4v) is 10.4. The zero-order valence-electron chi connectivity index (χ0n) is 38.1. The number of hydrogen-bond acceptors (Lipinski definition) is 2. The van der Waals surface area contributed by atoms with Gasteiger partial charge in [0, 0.05) is 27.5 Å². The van der Waals surface area contributed by atoms with Gasteiger partial charge >= 0.3 is 0 Å². The first kappa shape index (κ1) is 40.8. The molecule has 0 atom stereocenters. The summed E-state index contributed by atoms with van der Waals surface area (Å²) in [5.74, 6) is 0. The Morgan fingerprint density at radius 1 is 0.250 bits per heavy atom. The van der Waals surface area contributed by atoms with Gasteiger partial charge in [-0.05, 0) is 140 Å². The third-order valence-corrected chi connectivity index (χ3v) is 13.7. The van der Waals surface area contributed by atoms with Gasteiger partial charge in [0.2, 0.25) is 0 Å². The van der Waals surface area contributed by atoms with Crippen LogP contribution in [0.15, 0.2) is 255 Å². The summed E-state index contributed by atoms with van der Waals surface area (Å²) >= 11 is 0. The Labute approximate surface area is 398 Å². The Hall–Kier alpha value is -8.72.